The zero-order valence-electron chi connectivity index (χ0n) is 10.3. The molecule has 3 N–H and O–H groups in total. The molecule has 1 unspecified atom stereocenters. The lowest BCUT2D eigenvalue weighted by atomic mass is 9.99. The first-order valence-corrected chi connectivity index (χ1v) is 5.78. The Morgan fingerprint density at radius 3 is 2.65 bits per heavy atom. The highest BCUT2D eigenvalue weighted by Gasteiger charge is 2.32. The number of rotatable bonds is 3. The van der Waals surface area contributed by atoms with Gasteiger partial charge in [0.25, 0.3) is 0 Å². The second-order valence-corrected chi connectivity index (χ2v) is 5.00. The third kappa shape index (κ3) is 3.59. The molecule has 0 aromatic carbocycles. The maximum absolute atomic E-state index is 11.8. The van der Waals surface area contributed by atoms with Gasteiger partial charge < -0.3 is 20.4 Å². The van der Waals surface area contributed by atoms with E-state index in [4.69, 9.17) is 10.2 Å². The number of nitrogens with zero attached hydrogens (tertiary/aromatic N) is 1. The summed E-state index contributed by atoms with van der Waals surface area (Å²) in [5.74, 6) is -0.969. The van der Waals surface area contributed by atoms with Crippen molar-refractivity contribution < 1.29 is 19.8 Å². The van der Waals surface area contributed by atoms with Gasteiger partial charge in [0.2, 0.25) is 0 Å². The SMILES string of the molecule is CC(C)(NC(=O)N1CCCC(CO)C1)C(=O)O. The number of piperidine rings is 1. The number of aliphatic carboxylic acids is 1. The van der Waals surface area contributed by atoms with Crippen molar-refractivity contribution in [3.63, 3.8) is 0 Å². The third-order valence-corrected chi connectivity index (χ3v) is 3.02. The van der Waals surface area contributed by atoms with Crippen LogP contribution in [-0.4, -0.2) is 52.3 Å². The van der Waals surface area contributed by atoms with Crippen molar-refractivity contribution in [2.24, 2.45) is 5.92 Å². The van der Waals surface area contributed by atoms with E-state index in [9.17, 15) is 9.59 Å². The zero-order chi connectivity index (χ0) is 13.1. The molecule has 0 bridgehead atoms. The lowest BCUT2D eigenvalue weighted by molar-refractivity contribution is -0.143. The van der Waals surface area contributed by atoms with Crippen LogP contribution in [0.5, 0.6) is 0 Å². The average molecular weight is 244 g/mol. The Balaban J connectivity index is 2.55. The molecule has 1 heterocycles. The first-order valence-electron chi connectivity index (χ1n) is 5.78. The summed E-state index contributed by atoms with van der Waals surface area (Å²) in [5, 5.41) is 20.4. The number of amides is 2. The van der Waals surface area contributed by atoms with Gasteiger partial charge in [-0.05, 0) is 32.6 Å². The first kappa shape index (κ1) is 13.8. The second kappa shape index (κ2) is 5.35. The monoisotopic (exact) mass is 244 g/mol. The van der Waals surface area contributed by atoms with Crippen molar-refractivity contribution >= 4 is 12.0 Å². The van der Waals surface area contributed by atoms with E-state index in [1.807, 2.05) is 0 Å². The Morgan fingerprint density at radius 1 is 1.47 bits per heavy atom. The number of likely N-dealkylation sites (tertiary alicyclic amines) is 1. The largest absolute Gasteiger partial charge is 0.480 e. The van der Waals surface area contributed by atoms with Gasteiger partial charge >= 0.3 is 12.0 Å². The second-order valence-electron chi connectivity index (χ2n) is 5.00. The van der Waals surface area contributed by atoms with Crippen molar-refractivity contribution in [3.8, 4) is 0 Å². The first-order chi connectivity index (χ1) is 7.86. The van der Waals surface area contributed by atoms with Crippen molar-refractivity contribution in [1.29, 1.82) is 0 Å². The maximum atomic E-state index is 11.8. The molecule has 17 heavy (non-hydrogen) atoms. The summed E-state index contributed by atoms with van der Waals surface area (Å²) in [5.41, 5.74) is -1.27. The molecular weight excluding hydrogens is 224 g/mol. The topological polar surface area (TPSA) is 89.9 Å². The van der Waals surface area contributed by atoms with Gasteiger partial charge in [-0.2, -0.15) is 0 Å². The minimum Gasteiger partial charge on any atom is -0.480 e. The number of carboxylic acids is 1. The lowest BCUT2D eigenvalue weighted by Gasteiger charge is -2.34. The van der Waals surface area contributed by atoms with Gasteiger partial charge in [-0.1, -0.05) is 0 Å². The molecule has 0 saturated carbocycles. The van der Waals surface area contributed by atoms with Crippen molar-refractivity contribution in [2.45, 2.75) is 32.2 Å². The van der Waals surface area contributed by atoms with E-state index in [0.717, 1.165) is 12.8 Å². The average Bonchev–Trinajstić information content (AvgIpc) is 2.28. The molecule has 6 nitrogen and oxygen atoms in total. The van der Waals surface area contributed by atoms with E-state index < -0.39 is 11.5 Å². The van der Waals surface area contributed by atoms with Crippen molar-refractivity contribution in [2.75, 3.05) is 19.7 Å². The van der Waals surface area contributed by atoms with Gasteiger partial charge in [0.1, 0.15) is 5.54 Å². The summed E-state index contributed by atoms with van der Waals surface area (Å²) >= 11 is 0. The molecule has 6 heteroatoms. The number of carboxylic acid groups (broad SMARTS) is 1. The molecule has 1 aliphatic rings. The fourth-order valence-electron chi connectivity index (χ4n) is 1.80. The van der Waals surface area contributed by atoms with E-state index >= 15 is 0 Å². The number of urea groups is 1. The normalized spacial score (nSPS) is 21.1. The Morgan fingerprint density at radius 2 is 2.12 bits per heavy atom. The van der Waals surface area contributed by atoms with Gasteiger partial charge in [0.15, 0.2) is 0 Å². The predicted molar refractivity (Wildman–Crippen MR) is 61.6 cm³/mol. The maximum Gasteiger partial charge on any atom is 0.328 e. The van der Waals surface area contributed by atoms with E-state index in [2.05, 4.69) is 5.32 Å². The van der Waals surface area contributed by atoms with E-state index in [0.29, 0.717) is 13.1 Å². The van der Waals surface area contributed by atoms with Crippen LogP contribution in [0.25, 0.3) is 0 Å². The Hall–Kier alpha value is -1.30. The van der Waals surface area contributed by atoms with Crippen LogP contribution in [-0.2, 0) is 4.79 Å². The summed E-state index contributed by atoms with van der Waals surface area (Å²) in [6.07, 6.45) is 1.74. The molecule has 1 rings (SSSR count). The van der Waals surface area contributed by atoms with Crippen molar-refractivity contribution in [3.05, 3.63) is 0 Å². The Bertz CT molecular complexity index is 304. The van der Waals surface area contributed by atoms with Crippen LogP contribution in [0.2, 0.25) is 0 Å². The number of aliphatic hydroxyl groups is 1. The van der Waals surface area contributed by atoms with E-state index in [-0.39, 0.29) is 18.6 Å². The third-order valence-electron chi connectivity index (χ3n) is 3.02. The quantitative estimate of drug-likeness (QED) is 0.664. The van der Waals surface area contributed by atoms with Crippen LogP contribution in [0.15, 0.2) is 0 Å². The number of carbonyl (C=O) groups excluding carboxylic acids is 1. The van der Waals surface area contributed by atoms with Gasteiger partial charge in [0, 0.05) is 19.7 Å². The summed E-state index contributed by atoms with van der Waals surface area (Å²) < 4.78 is 0. The molecule has 0 aromatic rings. The molecule has 1 aliphatic heterocycles. The number of hydrogen-bond donors (Lipinski definition) is 3. The van der Waals surface area contributed by atoms with Crippen LogP contribution in [0.1, 0.15) is 26.7 Å². The van der Waals surface area contributed by atoms with Crippen LogP contribution >= 0.6 is 0 Å². The molecule has 1 fully saturated rings. The van der Waals surface area contributed by atoms with Crippen LogP contribution in [0, 0.1) is 5.92 Å². The smallest absolute Gasteiger partial charge is 0.328 e. The summed E-state index contributed by atoms with van der Waals surface area (Å²) in [6.45, 7) is 4.05. The highest BCUT2D eigenvalue weighted by Crippen LogP contribution is 2.16. The summed E-state index contributed by atoms with van der Waals surface area (Å²) in [7, 11) is 0. The van der Waals surface area contributed by atoms with Gasteiger partial charge in [-0.3, -0.25) is 0 Å². The molecule has 0 aliphatic carbocycles. The Labute approximate surface area is 101 Å². The molecule has 1 saturated heterocycles. The minimum atomic E-state index is -1.27. The standard InChI is InChI=1S/C11H20N2O4/c1-11(2,9(15)16)12-10(17)13-5-3-4-8(6-13)7-14/h8,14H,3-7H2,1-2H3,(H,12,17)(H,15,16). The van der Waals surface area contributed by atoms with Gasteiger partial charge in [0.05, 0.1) is 0 Å². The highest BCUT2D eigenvalue weighted by molar-refractivity contribution is 5.85. The van der Waals surface area contributed by atoms with E-state index in [1.54, 1.807) is 4.90 Å². The molecule has 0 spiro atoms. The summed E-state index contributed by atoms with van der Waals surface area (Å²) in [6, 6.07) is -0.379. The van der Waals surface area contributed by atoms with E-state index in [1.165, 1.54) is 13.8 Å². The fourth-order valence-corrected chi connectivity index (χ4v) is 1.80. The summed E-state index contributed by atoms with van der Waals surface area (Å²) in [4.78, 5) is 24.3. The highest BCUT2D eigenvalue weighted by atomic mass is 16.4. The number of aliphatic hydroxyl groups excluding tert-OH is 1. The van der Waals surface area contributed by atoms with Crippen LogP contribution < -0.4 is 5.32 Å². The molecule has 98 valence electrons. The fraction of sp³-hybridized carbons (Fsp3) is 0.818. The Kier molecular flexibility index (Phi) is 4.34. The van der Waals surface area contributed by atoms with Crippen molar-refractivity contribution in [1.82, 2.24) is 10.2 Å². The van der Waals surface area contributed by atoms with Gasteiger partial charge in [-0.25, -0.2) is 9.59 Å². The number of hydrogen-bond acceptors (Lipinski definition) is 3. The number of carbonyl (C=O) groups is 2. The molecule has 2 amide bonds. The van der Waals surface area contributed by atoms with Gasteiger partial charge in [-0.15, -0.1) is 0 Å². The number of nitrogens with one attached hydrogen (secondary N) is 1. The molecular formula is C11H20N2O4. The minimum absolute atomic E-state index is 0.0616. The lowest BCUT2D eigenvalue weighted by Crippen LogP contribution is -2.56. The predicted octanol–water partition coefficient (Wildman–Crippen LogP) is 0.263. The molecule has 0 aromatic heterocycles. The molecule has 0 radical (unpaired) electrons. The van der Waals surface area contributed by atoms with Crippen LogP contribution in [0.4, 0.5) is 4.79 Å². The molecule has 1 atom stereocenters. The van der Waals surface area contributed by atoms with Crippen LogP contribution in [0.3, 0.4) is 0 Å². The zero-order valence-corrected chi connectivity index (χ0v) is 10.3.